The van der Waals surface area contributed by atoms with E-state index in [1.807, 2.05) is 0 Å². The highest BCUT2D eigenvalue weighted by Gasteiger charge is 2.30. The fourth-order valence-corrected chi connectivity index (χ4v) is 3.26. The zero-order valence-electron chi connectivity index (χ0n) is 10.7. The highest BCUT2D eigenvalue weighted by molar-refractivity contribution is 6.21. The topological polar surface area (TPSA) is 0 Å². The average Bonchev–Trinajstić information content (AvgIpc) is 2.16. The van der Waals surface area contributed by atoms with Crippen molar-refractivity contribution < 1.29 is 0 Å². The van der Waals surface area contributed by atoms with Crippen LogP contribution in [-0.2, 0) is 0 Å². The van der Waals surface area contributed by atoms with Gasteiger partial charge in [-0.05, 0) is 30.1 Å². The van der Waals surface area contributed by atoms with E-state index in [0.29, 0.717) is 17.7 Å². The van der Waals surface area contributed by atoms with Gasteiger partial charge in [-0.1, -0.05) is 40.5 Å². The first-order valence-electron chi connectivity index (χ1n) is 6.11. The first kappa shape index (κ1) is 15.6. The summed E-state index contributed by atoms with van der Waals surface area (Å²) in [5.41, 5.74) is 0.159. The molecule has 0 aromatic rings. The van der Waals surface area contributed by atoms with Crippen LogP contribution in [0, 0.1) is 17.3 Å². The van der Waals surface area contributed by atoms with Crippen molar-refractivity contribution in [1.82, 2.24) is 0 Å². The number of hydrogen-bond acceptors (Lipinski definition) is 0. The zero-order chi connectivity index (χ0) is 11.9. The molecule has 0 saturated carbocycles. The summed E-state index contributed by atoms with van der Waals surface area (Å²) < 4.78 is 0. The second-order valence-electron chi connectivity index (χ2n) is 5.46. The van der Waals surface area contributed by atoms with E-state index in [1.165, 1.54) is 19.3 Å². The van der Waals surface area contributed by atoms with Crippen LogP contribution in [0.3, 0.4) is 0 Å². The van der Waals surface area contributed by atoms with Gasteiger partial charge in [0.2, 0.25) is 0 Å². The van der Waals surface area contributed by atoms with Crippen molar-refractivity contribution in [1.29, 1.82) is 0 Å². The summed E-state index contributed by atoms with van der Waals surface area (Å²) in [5.74, 6) is 2.81. The molecule has 0 rings (SSSR count). The molecule has 0 aromatic carbocycles. The minimum Gasteiger partial charge on any atom is -0.126 e. The molecule has 92 valence electrons. The van der Waals surface area contributed by atoms with Gasteiger partial charge in [0.05, 0.1) is 0 Å². The standard InChI is InChI=1S/C13H26Cl2/c1-5-6-12(4)8-13(9-14,10-15)7-11(2)3/h11-12H,5-10H2,1-4H3. The van der Waals surface area contributed by atoms with Gasteiger partial charge >= 0.3 is 0 Å². The van der Waals surface area contributed by atoms with Gasteiger partial charge in [-0.3, -0.25) is 0 Å². The molecule has 0 fully saturated rings. The Hall–Kier alpha value is 0.580. The summed E-state index contributed by atoms with van der Waals surface area (Å²) in [7, 11) is 0. The van der Waals surface area contributed by atoms with Gasteiger partial charge in [-0.15, -0.1) is 23.2 Å². The van der Waals surface area contributed by atoms with Gasteiger partial charge in [0, 0.05) is 11.8 Å². The molecule has 1 atom stereocenters. The molecule has 0 bridgehead atoms. The molecular weight excluding hydrogens is 227 g/mol. The summed E-state index contributed by atoms with van der Waals surface area (Å²) in [4.78, 5) is 0. The van der Waals surface area contributed by atoms with Gasteiger partial charge < -0.3 is 0 Å². The van der Waals surface area contributed by atoms with Crippen molar-refractivity contribution in [2.45, 2.75) is 53.4 Å². The molecule has 0 aliphatic carbocycles. The first-order chi connectivity index (χ1) is 6.99. The molecule has 2 heteroatoms. The Kier molecular flexibility index (Phi) is 8.09. The van der Waals surface area contributed by atoms with Crippen LogP contribution < -0.4 is 0 Å². The molecule has 0 heterocycles. The van der Waals surface area contributed by atoms with Crippen LogP contribution in [0.15, 0.2) is 0 Å². The predicted octanol–water partition coefficient (Wildman–Crippen LogP) is 5.32. The minimum atomic E-state index is 0.159. The first-order valence-corrected chi connectivity index (χ1v) is 7.18. The zero-order valence-corrected chi connectivity index (χ0v) is 12.2. The minimum absolute atomic E-state index is 0.159. The second-order valence-corrected chi connectivity index (χ2v) is 6.00. The normalized spacial score (nSPS) is 14.6. The molecule has 0 aliphatic rings. The SMILES string of the molecule is CCCC(C)CC(CCl)(CCl)CC(C)C. The van der Waals surface area contributed by atoms with Crippen molar-refractivity contribution in [3.05, 3.63) is 0 Å². The number of alkyl halides is 2. The molecular formula is C13H26Cl2. The summed E-state index contributed by atoms with van der Waals surface area (Å²) in [6.07, 6.45) is 4.86. The Balaban J connectivity index is 4.34. The van der Waals surface area contributed by atoms with E-state index in [1.54, 1.807) is 0 Å². The largest absolute Gasteiger partial charge is 0.126 e. The highest BCUT2D eigenvalue weighted by atomic mass is 35.5. The van der Waals surface area contributed by atoms with Crippen LogP contribution >= 0.6 is 23.2 Å². The maximum atomic E-state index is 6.13. The molecule has 0 aliphatic heterocycles. The lowest BCUT2D eigenvalue weighted by atomic mass is 9.76. The van der Waals surface area contributed by atoms with Crippen molar-refractivity contribution in [3.63, 3.8) is 0 Å². The Bertz CT molecular complexity index is 151. The molecule has 0 nitrogen and oxygen atoms in total. The van der Waals surface area contributed by atoms with Gasteiger partial charge in [0.1, 0.15) is 0 Å². The van der Waals surface area contributed by atoms with Crippen LogP contribution in [0.5, 0.6) is 0 Å². The van der Waals surface area contributed by atoms with E-state index >= 15 is 0 Å². The Morgan fingerprint density at radius 1 is 1.00 bits per heavy atom. The summed E-state index contributed by atoms with van der Waals surface area (Å²) in [6, 6.07) is 0. The third-order valence-corrected chi connectivity index (χ3v) is 4.11. The number of hydrogen-bond donors (Lipinski definition) is 0. The second kappa shape index (κ2) is 7.79. The summed E-state index contributed by atoms with van der Waals surface area (Å²) in [6.45, 7) is 9.05. The maximum Gasteiger partial charge on any atom is 0.0291 e. The van der Waals surface area contributed by atoms with E-state index in [0.717, 1.165) is 12.3 Å². The molecule has 0 radical (unpaired) electrons. The Morgan fingerprint density at radius 2 is 1.53 bits per heavy atom. The van der Waals surface area contributed by atoms with E-state index in [2.05, 4.69) is 27.7 Å². The van der Waals surface area contributed by atoms with Crippen molar-refractivity contribution in [3.8, 4) is 0 Å². The van der Waals surface area contributed by atoms with Crippen LogP contribution in [0.25, 0.3) is 0 Å². The van der Waals surface area contributed by atoms with E-state index in [9.17, 15) is 0 Å². The molecule has 0 amide bonds. The molecule has 0 aromatic heterocycles. The van der Waals surface area contributed by atoms with Gasteiger partial charge in [-0.25, -0.2) is 0 Å². The smallest absolute Gasteiger partial charge is 0.0291 e. The summed E-state index contributed by atoms with van der Waals surface area (Å²) in [5, 5.41) is 0. The average molecular weight is 253 g/mol. The third-order valence-electron chi connectivity index (χ3n) is 2.97. The highest BCUT2D eigenvalue weighted by Crippen LogP contribution is 2.37. The van der Waals surface area contributed by atoms with E-state index in [-0.39, 0.29) is 5.41 Å². The van der Waals surface area contributed by atoms with Crippen molar-refractivity contribution >= 4 is 23.2 Å². The van der Waals surface area contributed by atoms with Gasteiger partial charge in [-0.2, -0.15) is 0 Å². The predicted molar refractivity (Wildman–Crippen MR) is 72.0 cm³/mol. The van der Waals surface area contributed by atoms with E-state index in [4.69, 9.17) is 23.2 Å². The van der Waals surface area contributed by atoms with E-state index < -0.39 is 0 Å². The fourth-order valence-electron chi connectivity index (χ4n) is 2.54. The molecule has 0 spiro atoms. The van der Waals surface area contributed by atoms with Crippen LogP contribution in [-0.4, -0.2) is 11.8 Å². The lowest BCUT2D eigenvalue weighted by molar-refractivity contribution is 0.229. The summed E-state index contributed by atoms with van der Waals surface area (Å²) >= 11 is 12.3. The molecule has 0 N–H and O–H groups in total. The third kappa shape index (κ3) is 6.02. The number of halogens is 2. The lowest BCUT2D eigenvalue weighted by Gasteiger charge is -2.34. The molecule has 15 heavy (non-hydrogen) atoms. The van der Waals surface area contributed by atoms with Crippen molar-refractivity contribution in [2.24, 2.45) is 17.3 Å². The monoisotopic (exact) mass is 252 g/mol. The molecule has 1 unspecified atom stereocenters. The van der Waals surface area contributed by atoms with Crippen molar-refractivity contribution in [2.75, 3.05) is 11.8 Å². The quantitative estimate of drug-likeness (QED) is 0.513. The van der Waals surface area contributed by atoms with Crippen LogP contribution in [0.4, 0.5) is 0 Å². The molecule has 0 saturated heterocycles. The van der Waals surface area contributed by atoms with Gasteiger partial charge in [0.25, 0.3) is 0 Å². The Morgan fingerprint density at radius 3 is 1.87 bits per heavy atom. The Labute approximate surface area is 106 Å². The maximum absolute atomic E-state index is 6.13. The van der Waals surface area contributed by atoms with Crippen LogP contribution in [0.2, 0.25) is 0 Å². The fraction of sp³-hybridized carbons (Fsp3) is 1.00. The lowest BCUT2D eigenvalue weighted by Crippen LogP contribution is -2.29. The van der Waals surface area contributed by atoms with Crippen LogP contribution in [0.1, 0.15) is 53.4 Å². The number of rotatable bonds is 8. The van der Waals surface area contributed by atoms with Gasteiger partial charge in [0.15, 0.2) is 0 Å².